The molecule has 1 fully saturated rings. The summed E-state index contributed by atoms with van der Waals surface area (Å²) in [5.74, 6) is 1.81. The molecule has 6 nitrogen and oxygen atoms in total. The Balaban J connectivity index is 1.62. The molecule has 1 amide bonds. The minimum absolute atomic E-state index is 0.113. The average molecular weight is 329 g/mol. The highest BCUT2D eigenvalue weighted by Crippen LogP contribution is 2.23. The summed E-state index contributed by atoms with van der Waals surface area (Å²) in [5, 5.41) is 3.78. The van der Waals surface area contributed by atoms with Crippen LogP contribution >= 0.6 is 0 Å². The second-order valence-electron chi connectivity index (χ2n) is 6.10. The van der Waals surface area contributed by atoms with E-state index in [1.807, 2.05) is 29.2 Å². The van der Waals surface area contributed by atoms with Crippen molar-refractivity contribution in [2.24, 2.45) is 0 Å². The fourth-order valence-electron chi connectivity index (χ4n) is 3.10. The molecule has 128 valence electrons. The predicted octanol–water partition coefficient (Wildman–Crippen LogP) is 3.36. The van der Waals surface area contributed by atoms with Crippen molar-refractivity contribution in [3.63, 3.8) is 0 Å². The fraction of sp³-hybridized carbons (Fsp3) is 0.500. The van der Waals surface area contributed by atoms with Gasteiger partial charge in [-0.1, -0.05) is 12.1 Å². The molecule has 2 aromatic rings. The molecule has 0 unspecified atom stereocenters. The lowest BCUT2D eigenvalue weighted by Crippen LogP contribution is -2.43. The van der Waals surface area contributed by atoms with Gasteiger partial charge < -0.3 is 14.2 Å². The van der Waals surface area contributed by atoms with E-state index in [1.165, 1.54) is 6.42 Å². The van der Waals surface area contributed by atoms with Crippen LogP contribution in [0.4, 0.5) is 0 Å². The topological polar surface area (TPSA) is 68.5 Å². The molecule has 0 spiro atoms. The maximum Gasteiger partial charge on any atom is 0.254 e. The molecule has 24 heavy (non-hydrogen) atoms. The number of piperidine rings is 1. The van der Waals surface area contributed by atoms with Gasteiger partial charge in [-0.15, -0.1) is 0 Å². The van der Waals surface area contributed by atoms with Gasteiger partial charge in [0, 0.05) is 25.1 Å². The van der Waals surface area contributed by atoms with Gasteiger partial charge in [-0.2, -0.15) is 4.98 Å². The number of aromatic nitrogens is 2. The van der Waals surface area contributed by atoms with Crippen molar-refractivity contribution in [3.8, 4) is 5.75 Å². The largest absolute Gasteiger partial charge is 0.485 e. The van der Waals surface area contributed by atoms with Crippen LogP contribution in [0, 0.1) is 6.92 Å². The smallest absolute Gasteiger partial charge is 0.254 e. The summed E-state index contributed by atoms with van der Waals surface area (Å²) in [6, 6.07) is 7.63. The first-order chi connectivity index (χ1) is 11.7. The molecule has 1 saturated heterocycles. The van der Waals surface area contributed by atoms with E-state index in [-0.39, 0.29) is 12.5 Å². The van der Waals surface area contributed by atoms with Crippen molar-refractivity contribution < 1.29 is 14.1 Å². The zero-order valence-corrected chi connectivity index (χ0v) is 14.2. The predicted molar refractivity (Wildman–Crippen MR) is 88.8 cm³/mol. The molecule has 0 N–H and O–H groups in total. The van der Waals surface area contributed by atoms with Crippen LogP contribution in [0.1, 0.15) is 54.7 Å². The number of hydrogen-bond donors (Lipinski definition) is 0. The summed E-state index contributed by atoms with van der Waals surface area (Å²) < 4.78 is 10.5. The number of carbonyl (C=O) groups is 1. The van der Waals surface area contributed by atoms with Crippen molar-refractivity contribution >= 4 is 5.91 Å². The Hall–Kier alpha value is -2.37. The van der Waals surface area contributed by atoms with E-state index in [1.54, 1.807) is 6.92 Å². The highest BCUT2D eigenvalue weighted by molar-refractivity contribution is 5.94. The lowest BCUT2D eigenvalue weighted by molar-refractivity contribution is 0.0608. The third-order valence-electron chi connectivity index (χ3n) is 4.40. The molecule has 3 rings (SSSR count). The van der Waals surface area contributed by atoms with Gasteiger partial charge in [0.1, 0.15) is 5.75 Å². The molecule has 6 heteroatoms. The fourth-order valence-corrected chi connectivity index (χ4v) is 3.10. The zero-order chi connectivity index (χ0) is 16.9. The zero-order valence-electron chi connectivity index (χ0n) is 14.2. The third-order valence-corrected chi connectivity index (χ3v) is 4.40. The lowest BCUT2D eigenvalue weighted by Gasteiger charge is -2.35. The molecular formula is C18H23N3O3. The van der Waals surface area contributed by atoms with Crippen molar-refractivity contribution in [2.75, 3.05) is 6.54 Å². The minimum Gasteiger partial charge on any atom is -0.485 e. The minimum atomic E-state index is 0.113. The first-order valence-corrected chi connectivity index (χ1v) is 8.50. The van der Waals surface area contributed by atoms with Gasteiger partial charge in [-0.05, 0) is 49.9 Å². The second kappa shape index (κ2) is 7.47. The molecule has 0 radical (unpaired) electrons. The van der Waals surface area contributed by atoms with Crippen molar-refractivity contribution in [2.45, 2.75) is 52.2 Å². The van der Waals surface area contributed by atoms with Gasteiger partial charge >= 0.3 is 0 Å². The Morgan fingerprint density at radius 3 is 2.79 bits per heavy atom. The summed E-state index contributed by atoms with van der Waals surface area (Å²) in [5.41, 5.74) is 0.707. The Morgan fingerprint density at radius 1 is 1.33 bits per heavy atom. The number of benzene rings is 1. The van der Waals surface area contributed by atoms with E-state index in [0.717, 1.165) is 25.8 Å². The molecule has 2 heterocycles. The van der Waals surface area contributed by atoms with E-state index in [4.69, 9.17) is 9.26 Å². The molecular weight excluding hydrogens is 306 g/mol. The summed E-state index contributed by atoms with van der Waals surface area (Å²) in [6.07, 6.45) is 4.42. The average Bonchev–Trinajstić information content (AvgIpc) is 3.05. The van der Waals surface area contributed by atoms with Gasteiger partial charge in [0.05, 0.1) is 0 Å². The van der Waals surface area contributed by atoms with Crippen LogP contribution in [0.15, 0.2) is 28.8 Å². The monoisotopic (exact) mass is 329 g/mol. The van der Waals surface area contributed by atoms with Crippen LogP contribution in [-0.2, 0) is 6.61 Å². The summed E-state index contributed by atoms with van der Waals surface area (Å²) in [6.45, 7) is 4.98. The van der Waals surface area contributed by atoms with Crippen LogP contribution < -0.4 is 4.74 Å². The van der Waals surface area contributed by atoms with Crippen molar-refractivity contribution in [1.29, 1.82) is 0 Å². The third kappa shape index (κ3) is 3.75. The van der Waals surface area contributed by atoms with Gasteiger partial charge in [0.2, 0.25) is 11.7 Å². The maximum atomic E-state index is 12.7. The van der Waals surface area contributed by atoms with Crippen molar-refractivity contribution in [3.05, 3.63) is 41.5 Å². The number of carbonyl (C=O) groups excluding carboxylic acids is 1. The second-order valence-corrected chi connectivity index (χ2v) is 6.10. The van der Waals surface area contributed by atoms with Crippen LogP contribution in [0.2, 0.25) is 0 Å². The van der Waals surface area contributed by atoms with Gasteiger partial charge in [0.25, 0.3) is 5.91 Å². The first-order valence-electron chi connectivity index (χ1n) is 8.50. The number of ether oxygens (including phenoxy) is 1. The van der Waals surface area contributed by atoms with E-state index in [9.17, 15) is 4.79 Å². The van der Waals surface area contributed by atoms with Gasteiger partial charge in [-0.3, -0.25) is 4.79 Å². The Kier molecular flexibility index (Phi) is 5.13. The van der Waals surface area contributed by atoms with E-state index in [0.29, 0.717) is 29.1 Å². The summed E-state index contributed by atoms with van der Waals surface area (Å²) >= 11 is 0. The van der Waals surface area contributed by atoms with Crippen LogP contribution in [0.3, 0.4) is 0 Å². The standard InChI is InChI=1S/C18H23N3O3/c1-3-15-6-4-5-11-21(15)18(22)14-7-9-16(10-8-14)23-12-17-19-13(2)24-20-17/h7-10,15H,3-6,11-12H2,1-2H3/t15-/m0/s1. The molecule has 0 aliphatic carbocycles. The lowest BCUT2D eigenvalue weighted by atomic mass is 9.99. The number of rotatable bonds is 5. The number of hydrogen-bond acceptors (Lipinski definition) is 5. The molecule has 0 bridgehead atoms. The number of amides is 1. The van der Waals surface area contributed by atoms with Crippen LogP contribution in [0.25, 0.3) is 0 Å². The molecule has 1 aliphatic rings. The SMILES string of the molecule is CC[C@H]1CCCCN1C(=O)c1ccc(OCc2noc(C)n2)cc1. The summed E-state index contributed by atoms with van der Waals surface area (Å²) in [7, 11) is 0. The van der Waals surface area contributed by atoms with Crippen LogP contribution in [0.5, 0.6) is 5.75 Å². The number of likely N-dealkylation sites (tertiary alicyclic amines) is 1. The Morgan fingerprint density at radius 2 is 2.12 bits per heavy atom. The molecule has 1 aromatic heterocycles. The molecule has 1 aliphatic heterocycles. The Labute approximate surface area is 141 Å². The molecule has 1 aromatic carbocycles. The Bertz CT molecular complexity index is 681. The van der Waals surface area contributed by atoms with Gasteiger partial charge in [0.15, 0.2) is 6.61 Å². The first kappa shape index (κ1) is 16.5. The van der Waals surface area contributed by atoms with E-state index < -0.39 is 0 Å². The van der Waals surface area contributed by atoms with Crippen LogP contribution in [-0.4, -0.2) is 33.5 Å². The quantitative estimate of drug-likeness (QED) is 0.841. The maximum absolute atomic E-state index is 12.7. The van der Waals surface area contributed by atoms with E-state index in [2.05, 4.69) is 17.1 Å². The van der Waals surface area contributed by atoms with Gasteiger partial charge in [-0.25, -0.2) is 0 Å². The molecule has 1 atom stereocenters. The van der Waals surface area contributed by atoms with E-state index >= 15 is 0 Å². The summed E-state index contributed by atoms with van der Waals surface area (Å²) in [4.78, 5) is 18.8. The normalized spacial score (nSPS) is 17.8. The highest BCUT2D eigenvalue weighted by atomic mass is 16.5. The number of nitrogens with zero attached hydrogens (tertiary/aromatic N) is 3. The molecule has 0 saturated carbocycles. The number of aryl methyl sites for hydroxylation is 1. The van der Waals surface area contributed by atoms with Crippen molar-refractivity contribution in [1.82, 2.24) is 15.0 Å². The highest BCUT2D eigenvalue weighted by Gasteiger charge is 2.26.